The fourth-order valence-corrected chi connectivity index (χ4v) is 3.39. The van der Waals surface area contributed by atoms with Crippen LogP contribution in [0.5, 0.6) is 0 Å². The fourth-order valence-electron chi connectivity index (χ4n) is 3.39. The van der Waals surface area contributed by atoms with Crippen molar-refractivity contribution in [1.82, 2.24) is 9.97 Å². The standard InChI is InChI=1S/C19H24N4O/c1-13-21-11-9-17(22-13)14-6-5-7-15(12-14)23-18(24)16-8-3-4-10-19(16,2)20/h5-7,9,11-12,16H,3-4,8,10,20H2,1-2H3,(H,23,24). The molecule has 2 unspecified atom stereocenters. The molecule has 126 valence electrons. The molecular formula is C19H24N4O. The Bertz CT molecular complexity index is 742. The Morgan fingerprint density at radius 1 is 1.33 bits per heavy atom. The lowest BCUT2D eigenvalue weighted by molar-refractivity contribution is -0.122. The number of nitrogens with two attached hydrogens (primary N) is 1. The number of aromatic nitrogens is 2. The number of benzene rings is 1. The molecule has 1 heterocycles. The molecular weight excluding hydrogens is 300 g/mol. The number of hydrogen-bond donors (Lipinski definition) is 2. The van der Waals surface area contributed by atoms with Crippen LogP contribution in [0.1, 0.15) is 38.4 Å². The van der Waals surface area contributed by atoms with E-state index < -0.39 is 5.54 Å². The minimum Gasteiger partial charge on any atom is -0.326 e. The molecule has 24 heavy (non-hydrogen) atoms. The quantitative estimate of drug-likeness (QED) is 0.907. The van der Waals surface area contributed by atoms with Crippen LogP contribution in [-0.4, -0.2) is 21.4 Å². The highest BCUT2D eigenvalue weighted by Gasteiger charge is 2.37. The summed E-state index contributed by atoms with van der Waals surface area (Å²) in [5.74, 6) is 0.593. The van der Waals surface area contributed by atoms with Crippen LogP contribution < -0.4 is 11.1 Å². The van der Waals surface area contributed by atoms with E-state index in [2.05, 4.69) is 15.3 Å². The number of aryl methyl sites for hydroxylation is 1. The lowest BCUT2D eigenvalue weighted by atomic mass is 9.74. The minimum atomic E-state index is -0.427. The van der Waals surface area contributed by atoms with Crippen LogP contribution >= 0.6 is 0 Å². The van der Waals surface area contributed by atoms with Gasteiger partial charge < -0.3 is 11.1 Å². The molecule has 1 fully saturated rings. The zero-order valence-corrected chi connectivity index (χ0v) is 14.2. The summed E-state index contributed by atoms with van der Waals surface area (Å²) in [7, 11) is 0. The van der Waals surface area contributed by atoms with Crippen LogP contribution in [0.15, 0.2) is 36.5 Å². The molecule has 1 saturated carbocycles. The van der Waals surface area contributed by atoms with Gasteiger partial charge in [-0.25, -0.2) is 9.97 Å². The van der Waals surface area contributed by atoms with Gasteiger partial charge in [0, 0.05) is 23.0 Å². The van der Waals surface area contributed by atoms with E-state index >= 15 is 0 Å². The number of rotatable bonds is 3. The lowest BCUT2D eigenvalue weighted by Gasteiger charge is -2.37. The molecule has 0 spiro atoms. The van der Waals surface area contributed by atoms with Gasteiger partial charge >= 0.3 is 0 Å². The first kappa shape index (κ1) is 16.6. The molecule has 3 rings (SSSR count). The van der Waals surface area contributed by atoms with Gasteiger partial charge in [0.25, 0.3) is 0 Å². The third-order valence-electron chi connectivity index (χ3n) is 4.77. The SMILES string of the molecule is Cc1nccc(-c2cccc(NC(=O)C3CCCCC3(C)N)c2)n1. The molecule has 2 atom stereocenters. The maximum absolute atomic E-state index is 12.7. The van der Waals surface area contributed by atoms with Crippen molar-refractivity contribution in [1.29, 1.82) is 0 Å². The minimum absolute atomic E-state index is 0.00992. The normalized spacial score (nSPS) is 23.7. The average molecular weight is 324 g/mol. The molecule has 1 aromatic carbocycles. The van der Waals surface area contributed by atoms with Gasteiger partial charge in [0.15, 0.2) is 0 Å². The molecule has 1 amide bonds. The number of hydrogen-bond acceptors (Lipinski definition) is 4. The van der Waals surface area contributed by atoms with Crippen molar-refractivity contribution in [2.24, 2.45) is 11.7 Å². The number of amides is 1. The summed E-state index contributed by atoms with van der Waals surface area (Å²) in [4.78, 5) is 21.2. The molecule has 0 saturated heterocycles. The maximum atomic E-state index is 12.7. The van der Waals surface area contributed by atoms with E-state index in [4.69, 9.17) is 5.73 Å². The molecule has 0 radical (unpaired) electrons. The number of nitrogens with one attached hydrogen (secondary N) is 1. The van der Waals surface area contributed by atoms with Crippen molar-refractivity contribution in [2.45, 2.75) is 45.1 Å². The Morgan fingerprint density at radius 2 is 2.17 bits per heavy atom. The van der Waals surface area contributed by atoms with Gasteiger partial charge in [-0.1, -0.05) is 25.0 Å². The van der Waals surface area contributed by atoms with E-state index in [9.17, 15) is 4.79 Å². The number of carbonyl (C=O) groups is 1. The zero-order valence-electron chi connectivity index (χ0n) is 14.2. The van der Waals surface area contributed by atoms with E-state index in [0.717, 1.165) is 48.5 Å². The summed E-state index contributed by atoms with van der Waals surface area (Å²) in [5, 5.41) is 3.03. The summed E-state index contributed by atoms with van der Waals surface area (Å²) in [6, 6.07) is 9.60. The maximum Gasteiger partial charge on any atom is 0.229 e. The molecule has 0 aliphatic heterocycles. The first-order valence-electron chi connectivity index (χ1n) is 8.45. The van der Waals surface area contributed by atoms with E-state index in [1.807, 2.05) is 44.2 Å². The Hall–Kier alpha value is -2.27. The predicted octanol–water partition coefficient (Wildman–Crippen LogP) is 3.30. The molecule has 1 aromatic heterocycles. The van der Waals surface area contributed by atoms with Crippen molar-refractivity contribution in [3.05, 3.63) is 42.4 Å². The summed E-state index contributed by atoms with van der Waals surface area (Å²) in [6.45, 7) is 3.84. The van der Waals surface area contributed by atoms with Crippen molar-refractivity contribution < 1.29 is 4.79 Å². The van der Waals surface area contributed by atoms with Crippen LogP contribution in [-0.2, 0) is 4.79 Å². The number of carbonyl (C=O) groups excluding carboxylic acids is 1. The van der Waals surface area contributed by atoms with Crippen LogP contribution in [0.2, 0.25) is 0 Å². The number of anilines is 1. The smallest absolute Gasteiger partial charge is 0.229 e. The van der Waals surface area contributed by atoms with E-state index in [1.165, 1.54) is 0 Å². The van der Waals surface area contributed by atoms with Crippen molar-refractivity contribution >= 4 is 11.6 Å². The summed E-state index contributed by atoms with van der Waals surface area (Å²) in [5.41, 5.74) is 8.49. The first-order chi connectivity index (χ1) is 11.5. The third kappa shape index (κ3) is 3.62. The van der Waals surface area contributed by atoms with E-state index in [0.29, 0.717) is 0 Å². The van der Waals surface area contributed by atoms with Gasteiger partial charge in [-0.3, -0.25) is 4.79 Å². The highest BCUT2D eigenvalue weighted by atomic mass is 16.1. The van der Waals surface area contributed by atoms with Crippen molar-refractivity contribution in [2.75, 3.05) is 5.32 Å². The zero-order chi connectivity index (χ0) is 17.2. The molecule has 1 aliphatic rings. The van der Waals surface area contributed by atoms with E-state index in [-0.39, 0.29) is 11.8 Å². The Kier molecular flexibility index (Phi) is 4.62. The second-order valence-electron chi connectivity index (χ2n) is 6.86. The monoisotopic (exact) mass is 324 g/mol. The van der Waals surface area contributed by atoms with Crippen molar-refractivity contribution in [3.8, 4) is 11.3 Å². The molecule has 2 aromatic rings. The predicted molar refractivity (Wildman–Crippen MR) is 95.4 cm³/mol. The molecule has 3 N–H and O–H groups in total. The summed E-state index contributed by atoms with van der Waals surface area (Å²) >= 11 is 0. The molecule has 1 aliphatic carbocycles. The molecule has 5 heteroatoms. The van der Waals surface area contributed by atoms with Crippen LogP contribution in [0.4, 0.5) is 5.69 Å². The van der Waals surface area contributed by atoms with Gasteiger partial charge in [0.1, 0.15) is 5.82 Å². The van der Waals surface area contributed by atoms with Gasteiger partial charge in [-0.15, -0.1) is 0 Å². The average Bonchev–Trinajstić information content (AvgIpc) is 2.54. The van der Waals surface area contributed by atoms with Gasteiger partial charge in [-0.05, 0) is 44.9 Å². The highest BCUT2D eigenvalue weighted by Crippen LogP contribution is 2.32. The molecule has 0 bridgehead atoms. The fraction of sp³-hybridized carbons (Fsp3) is 0.421. The van der Waals surface area contributed by atoms with Crippen molar-refractivity contribution in [3.63, 3.8) is 0 Å². The third-order valence-corrected chi connectivity index (χ3v) is 4.77. The van der Waals surface area contributed by atoms with Gasteiger partial charge in [0.2, 0.25) is 5.91 Å². The molecule has 5 nitrogen and oxygen atoms in total. The van der Waals surface area contributed by atoms with Gasteiger partial charge in [-0.2, -0.15) is 0 Å². The lowest BCUT2D eigenvalue weighted by Crippen LogP contribution is -2.51. The summed E-state index contributed by atoms with van der Waals surface area (Å²) in [6.07, 6.45) is 5.64. The second-order valence-corrected chi connectivity index (χ2v) is 6.86. The highest BCUT2D eigenvalue weighted by molar-refractivity contribution is 5.94. The Labute approximate surface area is 142 Å². The topological polar surface area (TPSA) is 80.9 Å². The second kappa shape index (κ2) is 6.69. The largest absolute Gasteiger partial charge is 0.326 e. The van der Waals surface area contributed by atoms with Crippen LogP contribution in [0.3, 0.4) is 0 Å². The summed E-state index contributed by atoms with van der Waals surface area (Å²) < 4.78 is 0. The number of nitrogens with zero attached hydrogens (tertiary/aromatic N) is 2. The first-order valence-corrected chi connectivity index (χ1v) is 8.45. The van der Waals surface area contributed by atoms with E-state index in [1.54, 1.807) is 6.20 Å². The Morgan fingerprint density at radius 3 is 2.92 bits per heavy atom. The Balaban J connectivity index is 1.78. The van der Waals surface area contributed by atoms with Gasteiger partial charge in [0.05, 0.1) is 11.6 Å². The van der Waals surface area contributed by atoms with Crippen LogP contribution in [0.25, 0.3) is 11.3 Å². The van der Waals surface area contributed by atoms with Crippen LogP contribution in [0, 0.1) is 12.8 Å².